The van der Waals surface area contributed by atoms with Crippen LogP contribution in [0.5, 0.6) is 0 Å². The molecule has 0 radical (unpaired) electrons. The van der Waals surface area contributed by atoms with Gasteiger partial charge < -0.3 is 15.4 Å². The standard InChI is InChI=1S/C12H14N4O2/c1-12(2,10(17)18)16-11-14-6-9(7-15-11)8-3-4-13-5-8/h3-7,13H,1-2H3,(H,17,18)(H,14,15,16). The van der Waals surface area contributed by atoms with E-state index >= 15 is 0 Å². The number of H-pyrrole nitrogens is 1. The molecule has 0 fully saturated rings. The van der Waals surface area contributed by atoms with Crippen molar-refractivity contribution in [1.29, 1.82) is 0 Å². The largest absolute Gasteiger partial charge is 0.480 e. The number of hydrogen-bond acceptors (Lipinski definition) is 4. The third-order valence-corrected chi connectivity index (χ3v) is 2.54. The van der Waals surface area contributed by atoms with E-state index in [2.05, 4.69) is 20.3 Å². The minimum atomic E-state index is -1.10. The molecule has 0 aliphatic carbocycles. The van der Waals surface area contributed by atoms with Crippen molar-refractivity contribution < 1.29 is 9.90 Å². The average molecular weight is 246 g/mol. The Morgan fingerprint density at radius 1 is 1.33 bits per heavy atom. The number of nitrogens with zero attached hydrogens (tertiary/aromatic N) is 2. The zero-order valence-electron chi connectivity index (χ0n) is 10.1. The van der Waals surface area contributed by atoms with Crippen LogP contribution in [0.1, 0.15) is 13.8 Å². The highest BCUT2D eigenvalue weighted by atomic mass is 16.4. The predicted octanol–water partition coefficient (Wildman–Crippen LogP) is 1.75. The first-order valence-electron chi connectivity index (χ1n) is 5.46. The summed E-state index contributed by atoms with van der Waals surface area (Å²) in [5.41, 5.74) is 0.754. The lowest BCUT2D eigenvalue weighted by Crippen LogP contribution is -2.40. The maximum atomic E-state index is 11.0. The Morgan fingerprint density at radius 3 is 2.50 bits per heavy atom. The minimum absolute atomic E-state index is 0.293. The number of carboxylic acids is 1. The van der Waals surface area contributed by atoms with Crippen molar-refractivity contribution in [2.45, 2.75) is 19.4 Å². The molecule has 18 heavy (non-hydrogen) atoms. The molecule has 2 aromatic heterocycles. The van der Waals surface area contributed by atoms with Crippen LogP contribution in [0.15, 0.2) is 30.9 Å². The molecular formula is C12H14N4O2. The van der Waals surface area contributed by atoms with Crippen molar-refractivity contribution >= 4 is 11.9 Å². The third-order valence-electron chi connectivity index (χ3n) is 2.54. The summed E-state index contributed by atoms with van der Waals surface area (Å²) in [7, 11) is 0. The number of aromatic nitrogens is 3. The molecule has 0 saturated heterocycles. The Morgan fingerprint density at radius 2 is 2.00 bits per heavy atom. The minimum Gasteiger partial charge on any atom is -0.480 e. The number of nitrogens with one attached hydrogen (secondary N) is 2. The molecule has 3 N–H and O–H groups in total. The summed E-state index contributed by atoms with van der Waals surface area (Å²) in [5.74, 6) is -0.664. The summed E-state index contributed by atoms with van der Waals surface area (Å²) < 4.78 is 0. The lowest BCUT2D eigenvalue weighted by molar-refractivity contribution is -0.141. The molecule has 0 spiro atoms. The van der Waals surface area contributed by atoms with Gasteiger partial charge in [-0.2, -0.15) is 0 Å². The van der Waals surface area contributed by atoms with Gasteiger partial charge in [0.05, 0.1) is 0 Å². The molecule has 0 saturated carbocycles. The smallest absolute Gasteiger partial charge is 0.328 e. The van der Waals surface area contributed by atoms with E-state index in [0.717, 1.165) is 11.1 Å². The first-order valence-corrected chi connectivity index (χ1v) is 5.46. The Labute approximate surface area is 104 Å². The number of aliphatic carboxylic acids is 1. The van der Waals surface area contributed by atoms with Crippen LogP contribution in [0.25, 0.3) is 11.1 Å². The molecule has 0 aliphatic heterocycles. The van der Waals surface area contributed by atoms with E-state index in [1.165, 1.54) is 0 Å². The normalized spacial score (nSPS) is 11.2. The molecule has 2 heterocycles. The number of anilines is 1. The van der Waals surface area contributed by atoms with Crippen molar-refractivity contribution in [3.8, 4) is 11.1 Å². The monoisotopic (exact) mass is 246 g/mol. The fourth-order valence-electron chi connectivity index (χ4n) is 1.38. The zero-order chi connectivity index (χ0) is 13.2. The van der Waals surface area contributed by atoms with Gasteiger partial charge in [0.1, 0.15) is 5.54 Å². The molecule has 2 aromatic rings. The second-order valence-corrected chi connectivity index (χ2v) is 4.45. The lowest BCUT2D eigenvalue weighted by Gasteiger charge is -2.20. The van der Waals surface area contributed by atoms with Crippen LogP contribution in [0.4, 0.5) is 5.95 Å². The van der Waals surface area contributed by atoms with E-state index < -0.39 is 11.5 Å². The molecular weight excluding hydrogens is 232 g/mol. The third kappa shape index (κ3) is 2.48. The number of aromatic amines is 1. The van der Waals surface area contributed by atoms with Gasteiger partial charge in [-0.25, -0.2) is 14.8 Å². The predicted molar refractivity (Wildman–Crippen MR) is 67.2 cm³/mol. The molecule has 0 unspecified atom stereocenters. The van der Waals surface area contributed by atoms with Gasteiger partial charge in [-0.15, -0.1) is 0 Å². The average Bonchev–Trinajstić information content (AvgIpc) is 2.83. The molecule has 0 aromatic carbocycles. The van der Waals surface area contributed by atoms with Crippen LogP contribution in [0, 0.1) is 0 Å². The molecule has 0 atom stereocenters. The number of rotatable bonds is 4. The quantitative estimate of drug-likeness (QED) is 0.764. The molecule has 0 bridgehead atoms. The summed E-state index contributed by atoms with van der Waals surface area (Å²) in [6.45, 7) is 3.11. The van der Waals surface area contributed by atoms with Gasteiger partial charge in [-0.3, -0.25) is 0 Å². The topological polar surface area (TPSA) is 90.9 Å². The Kier molecular flexibility index (Phi) is 3.01. The fraction of sp³-hybridized carbons (Fsp3) is 0.250. The molecule has 94 valence electrons. The number of carboxylic acid groups (broad SMARTS) is 1. The van der Waals surface area contributed by atoms with Crippen molar-refractivity contribution in [3.63, 3.8) is 0 Å². The van der Waals surface area contributed by atoms with Gasteiger partial charge in [0.2, 0.25) is 5.95 Å². The van der Waals surface area contributed by atoms with Crippen molar-refractivity contribution in [2.24, 2.45) is 0 Å². The van der Waals surface area contributed by atoms with Gasteiger partial charge in [-0.1, -0.05) is 0 Å². The second-order valence-electron chi connectivity index (χ2n) is 4.45. The molecule has 6 nitrogen and oxygen atoms in total. The van der Waals surface area contributed by atoms with E-state index in [0.29, 0.717) is 5.95 Å². The maximum Gasteiger partial charge on any atom is 0.328 e. The Hall–Kier alpha value is -2.37. The Balaban J connectivity index is 2.16. The SMILES string of the molecule is CC(C)(Nc1ncc(-c2cc[nH]c2)cn1)C(=O)O. The molecule has 2 rings (SSSR count). The van der Waals surface area contributed by atoms with Gasteiger partial charge in [0, 0.05) is 35.9 Å². The highest BCUT2D eigenvalue weighted by molar-refractivity contribution is 5.80. The fourth-order valence-corrected chi connectivity index (χ4v) is 1.38. The molecule has 0 aliphatic rings. The lowest BCUT2D eigenvalue weighted by atomic mass is 10.1. The van der Waals surface area contributed by atoms with Crippen molar-refractivity contribution in [3.05, 3.63) is 30.9 Å². The summed E-state index contributed by atoms with van der Waals surface area (Å²) in [4.78, 5) is 22.1. The number of carbonyl (C=O) groups is 1. The van der Waals surface area contributed by atoms with E-state index in [1.807, 2.05) is 18.5 Å². The maximum absolute atomic E-state index is 11.0. The van der Waals surface area contributed by atoms with Crippen LogP contribution >= 0.6 is 0 Å². The van der Waals surface area contributed by atoms with Crippen LogP contribution in [0.3, 0.4) is 0 Å². The summed E-state index contributed by atoms with van der Waals surface area (Å²) >= 11 is 0. The van der Waals surface area contributed by atoms with E-state index in [9.17, 15) is 4.79 Å². The van der Waals surface area contributed by atoms with Crippen LogP contribution < -0.4 is 5.32 Å². The molecule has 0 amide bonds. The van der Waals surface area contributed by atoms with Crippen LogP contribution in [-0.2, 0) is 4.79 Å². The van der Waals surface area contributed by atoms with Gasteiger partial charge >= 0.3 is 5.97 Å². The van der Waals surface area contributed by atoms with Gasteiger partial charge in [0.25, 0.3) is 0 Å². The summed E-state index contributed by atoms with van der Waals surface area (Å²) in [6.07, 6.45) is 6.95. The zero-order valence-corrected chi connectivity index (χ0v) is 10.1. The first kappa shape index (κ1) is 12.1. The highest BCUT2D eigenvalue weighted by Gasteiger charge is 2.27. The van der Waals surface area contributed by atoms with E-state index in [-0.39, 0.29) is 0 Å². The highest BCUT2D eigenvalue weighted by Crippen LogP contribution is 2.18. The van der Waals surface area contributed by atoms with Crippen LogP contribution in [0.2, 0.25) is 0 Å². The molecule has 6 heteroatoms. The summed E-state index contributed by atoms with van der Waals surface area (Å²) in [5, 5.41) is 11.7. The van der Waals surface area contributed by atoms with Gasteiger partial charge in [0.15, 0.2) is 0 Å². The first-order chi connectivity index (χ1) is 8.49. The number of hydrogen-bond donors (Lipinski definition) is 3. The summed E-state index contributed by atoms with van der Waals surface area (Å²) in [6, 6.07) is 1.91. The van der Waals surface area contributed by atoms with E-state index in [1.54, 1.807) is 26.2 Å². The second kappa shape index (κ2) is 4.48. The van der Waals surface area contributed by atoms with Crippen molar-refractivity contribution in [2.75, 3.05) is 5.32 Å². The van der Waals surface area contributed by atoms with Gasteiger partial charge in [-0.05, 0) is 19.9 Å². The Bertz CT molecular complexity index is 532. The van der Waals surface area contributed by atoms with Crippen LogP contribution in [-0.4, -0.2) is 31.6 Å². The van der Waals surface area contributed by atoms with E-state index in [4.69, 9.17) is 5.11 Å². The van der Waals surface area contributed by atoms with Crippen molar-refractivity contribution in [1.82, 2.24) is 15.0 Å².